The molecular formula is C39H51F2N5O7S. The zero-order valence-corrected chi connectivity index (χ0v) is 32.6. The molecule has 6 rings (SSSR count). The second-order valence-electron chi connectivity index (χ2n) is 16.4. The van der Waals surface area contributed by atoms with Crippen LogP contribution in [0.25, 0.3) is 10.9 Å². The minimum Gasteiger partial charge on any atom is -0.488 e. The fourth-order valence-corrected chi connectivity index (χ4v) is 7.74. The number of amides is 4. The number of fused-ring (bicyclic) bond motifs is 3. The lowest BCUT2D eigenvalue weighted by atomic mass is 10.0. The van der Waals surface area contributed by atoms with Crippen LogP contribution in [0.1, 0.15) is 99.3 Å². The lowest BCUT2D eigenvalue weighted by Crippen LogP contribution is -2.57. The molecule has 0 bridgehead atoms. The van der Waals surface area contributed by atoms with Crippen molar-refractivity contribution in [3.05, 3.63) is 42.0 Å². The molecule has 3 N–H and O–H groups in total. The smallest absolute Gasteiger partial charge is 0.408 e. The second-order valence-corrected chi connectivity index (χ2v) is 17.8. The minimum absolute atomic E-state index is 0.00954. The van der Waals surface area contributed by atoms with Crippen molar-refractivity contribution in [3.8, 4) is 11.6 Å². The van der Waals surface area contributed by atoms with Gasteiger partial charge in [-0.2, -0.15) is 0 Å². The van der Waals surface area contributed by atoms with Crippen molar-refractivity contribution in [3.63, 3.8) is 0 Å². The number of ether oxygens (including phenoxy) is 3. The molecule has 2 aliphatic carbocycles. The molecule has 3 heterocycles. The molecule has 2 saturated carbocycles. The van der Waals surface area contributed by atoms with E-state index in [0.717, 1.165) is 38.2 Å². The molecular weight excluding hydrogens is 721 g/mol. The third-order valence-corrected chi connectivity index (χ3v) is 11.3. The van der Waals surface area contributed by atoms with Crippen LogP contribution in [0.4, 0.5) is 13.6 Å². The number of nitrogens with zero attached hydrogens (tertiary/aromatic N) is 2. The van der Waals surface area contributed by atoms with Crippen molar-refractivity contribution in [2.24, 2.45) is 5.92 Å². The van der Waals surface area contributed by atoms with Crippen molar-refractivity contribution in [2.75, 3.05) is 6.54 Å². The molecule has 294 valence electrons. The summed E-state index contributed by atoms with van der Waals surface area (Å²) in [5.74, 6) is -3.66. The number of hydrogen-bond acceptors (Lipinski definition) is 9. The number of carbonyl (C=O) groups is 4. The van der Waals surface area contributed by atoms with Crippen LogP contribution < -0.4 is 24.8 Å². The summed E-state index contributed by atoms with van der Waals surface area (Å²) >= 11 is 1.37. The van der Waals surface area contributed by atoms with Crippen LogP contribution in [0.5, 0.6) is 11.6 Å². The topological polar surface area (TPSA) is 148 Å². The number of halogens is 2. The van der Waals surface area contributed by atoms with Crippen LogP contribution in [0, 0.1) is 17.6 Å². The first-order chi connectivity index (χ1) is 25.5. The van der Waals surface area contributed by atoms with Crippen LogP contribution in [0.15, 0.2) is 30.4 Å². The molecule has 12 nitrogen and oxygen atoms in total. The monoisotopic (exact) mass is 771 g/mol. The summed E-state index contributed by atoms with van der Waals surface area (Å²) < 4.78 is 50.0. The van der Waals surface area contributed by atoms with Gasteiger partial charge in [0.15, 0.2) is 11.6 Å². The lowest BCUT2D eigenvalue weighted by Gasteiger charge is -2.30. The SMILES string of the molecule is CC(C)Oc1cc(O[C@@H]2C[C@H]3C(=O)N[C@]4(C(=O)NSC5(C)CC5)C[C@H]4/C=C\CCCCC[C@H](NC(=O)OC(C)(C)C)C(=O)N3C2)c2ccc(F)c(F)c2n1. The molecule has 4 aliphatic rings. The van der Waals surface area contributed by atoms with Gasteiger partial charge in [-0.15, -0.1) is 0 Å². The van der Waals surface area contributed by atoms with Gasteiger partial charge < -0.3 is 29.7 Å². The molecule has 1 aromatic heterocycles. The van der Waals surface area contributed by atoms with Gasteiger partial charge in [-0.3, -0.25) is 19.1 Å². The zero-order valence-electron chi connectivity index (χ0n) is 31.8. The van der Waals surface area contributed by atoms with Gasteiger partial charge in [0, 0.05) is 28.5 Å². The highest BCUT2D eigenvalue weighted by atomic mass is 32.2. The van der Waals surface area contributed by atoms with Crippen LogP contribution in [0.3, 0.4) is 0 Å². The number of allylic oxidation sites excluding steroid dienone is 1. The third-order valence-electron chi connectivity index (χ3n) is 10.1. The number of pyridine rings is 1. The van der Waals surface area contributed by atoms with Gasteiger partial charge in [-0.1, -0.05) is 25.0 Å². The van der Waals surface area contributed by atoms with E-state index in [1.165, 1.54) is 29.0 Å². The molecule has 1 saturated heterocycles. The molecule has 1 aromatic carbocycles. The van der Waals surface area contributed by atoms with Gasteiger partial charge in [-0.25, -0.2) is 18.6 Å². The Morgan fingerprint density at radius 2 is 1.89 bits per heavy atom. The highest BCUT2D eigenvalue weighted by molar-refractivity contribution is 7.99. The fraction of sp³-hybridized carbons (Fsp3) is 0.615. The van der Waals surface area contributed by atoms with E-state index in [1.54, 1.807) is 34.6 Å². The number of carbonyl (C=O) groups excluding carboxylic acids is 4. The predicted octanol–water partition coefficient (Wildman–Crippen LogP) is 6.25. The second kappa shape index (κ2) is 15.5. The van der Waals surface area contributed by atoms with Crippen LogP contribution >= 0.6 is 11.9 Å². The van der Waals surface area contributed by atoms with E-state index in [-0.39, 0.29) is 58.2 Å². The standard InChI is InChI=1S/C39H51F2N5O7S/c1-22(2)51-30-19-29(25-14-15-26(40)31(41)32(25)43-30)52-24-18-28-33(47)44-39(35(49)45-54-38(6)16-17-38)20-23(39)12-10-8-7-9-11-13-27(34(48)46(28)21-24)42-36(50)53-37(3,4)5/h10,12,14-15,19,22-24,27-28H,7-9,11,13,16-18,20-21H2,1-6H3,(H,42,50)(H,44,47)(H,45,49)/b12-10-/t23-,24-,27+,28+,39-/m1/s1. The number of aromatic nitrogens is 1. The van der Waals surface area contributed by atoms with Gasteiger partial charge in [0.25, 0.3) is 5.91 Å². The molecule has 3 fully saturated rings. The minimum atomic E-state index is -1.19. The van der Waals surface area contributed by atoms with Crippen molar-refractivity contribution in [1.82, 2.24) is 25.2 Å². The first-order valence-electron chi connectivity index (χ1n) is 18.9. The van der Waals surface area contributed by atoms with Gasteiger partial charge in [0.1, 0.15) is 40.6 Å². The van der Waals surface area contributed by atoms with Gasteiger partial charge in [0.05, 0.1) is 12.6 Å². The zero-order chi connectivity index (χ0) is 39.0. The Labute approximate surface area is 319 Å². The van der Waals surface area contributed by atoms with Crippen LogP contribution in [-0.4, -0.2) is 80.4 Å². The highest BCUT2D eigenvalue weighted by Gasteiger charge is 2.61. The van der Waals surface area contributed by atoms with Crippen molar-refractivity contribution in [1.29, 1.82) is 0 Å². The van der Waals surface area contributed by atoms with Crippen molar-refractivity contribution < 1.29 is 42.2 Å². The number of alkyl carbamates (subject to hydrolysis) is 1. The first-order valence-corrected chi connectivity index (χ1v) is 19.7. The van der Waals surface area contributed by atoms with Gasteiger partial charge >= 0.3 is 6.09 Å². The Kier molecular flexibility index (Phi) is 11.4. The Bertz CT molecular complexity index is 1820. The Hall–Kier alpha value is -4.14. The quantitative estimate of drug-likeness (QED) is 0.209. The predicted molar refractivity (Wildman–Crippen MR) is 200 cm³/mol. The molecule has 15 heteroatoms. The maximum absolute atomic E-state index is 15.0. The van der Waals surface area contributed by atoms with Crippen molar-refractivity contribution >= 4 is 46.7 Å². The first kappa shape index (κ1) is 39.6. The Morgan fingerprint density at radius 3 is 2.59 bits per heavy atom. The fourth-order valence-electron chi connectivity index (χ4n) is 6.91. The van der Waals surface area contributed by atoms with E-state index in [9.17, 15) is 23.6 Å². The Balaban J connectivity index is 1.33. The van der Waals surface area contributed by atoms with Gasteiger partial charge in [-0.05, 0) is 104 Å². The summed E-state index contributed by atoms with van der Waals surface area (Å²) in [7, 11) is 0. The average molecular weight is 772 g/mol. The molecule has 0 radical (unpaired) electrons. The van der Waals surface area contributed by atoms with E-state index in [2.05, 4.69) is 27.3 Å². The molecule has 0 spiro atoms. The lowest BCUT2D eigenvalue weighted by molar-refractivity contribution is -0.141. The molecule has 5 atom stereocenters. The van der Waals surface area contributed by atoms with E-state index in [1.807, 2.05) is 12.2 Å². The van der Waals surface area contributed by atoms with E-state index in [4.69, 9.17) is 14.2 Å². The number of nitrogens with one attached hydrogen (secondary N) is 3. The summed E-state index contributed by atoms with van der Waals surface area (Å²) in [6.07, 6.45) is 7.85. The van der Waals surface area contributed by atoms with Crippen LogP contribution in [-0.2, 0) is 19.1 Å². The van der Waals surface area contributed by atoms with Gasteiger partial charge in [0.2, 0.25) is 17.7 Å². The number of hydrogen-bond donors (Lipinski definition) is 3. The van der Waals surface area contributed by atoms with E-state index < -0.39 is 58.9 Å². The molecule has 0 unspecified atom stereocenters. The van der Waals surface area contributed by atoms with E-state index >= 15 is 4.39 Å². The molecule has 2 aliphatic heterocycles. The summed E-state index contributed by atoms with van der Waals surface area (Å²) in [6, 6.07) is 1.70. The maximum atomic E-state index is 15.0. The summed E-state index contributed by atoms with van der Waals surface area (Å²) in [4.78, 5) is 61.3. The highest BCUT2D eigenvalue weighted by Crippen LogP contribution is 2.49. The maximum Gasteiger partial charge on any atom is 0.408 e. The number of benzene rings is 1. The van der Waals surface area contributed by atoms with E-state index in [0.29, 0.717) is 19.3 Å². The third kappa shape index (κ3) is 9.20. The Morgan fingerprint density at radius 1 is 1.13 bits per heavy atom. The molecule has 54 heavy (non-hydrogen) atoms. The van der Waals surface area contributed by atoms with Crippen molar-refractivity contribution in [2.45, 2.75) is 140 Å². The molecule has 4 amide bonds. The summed E-state index contributed by atoms with van der Waals surface area (Å²) in [5.41, 5.74) is -2.29. The average Bonchev–Trinajstić information content (AvgIpc) is 3.95. The number of rotatable bonds is 8. The summed E-state index contributed by atoms with van der Waals surface area (Å²) in [6.45, 7) is 10.7. The summed E-state index contributed by atoms with van der Waals surface area (Å²) in [5, 5.41) is 5.96. The molecule has 2 aromatic rings. The van der Waals surface area contributed by atoms with Crippen LogP contribution in [0.2, 0.25) is 0 Å². The largest absolute Gasteiger partial charge is 0.488 e. The normalized spacial score (nSPS) is 27.5.